The summed E-state index contributed by atoms with van der Waals surface area (Å²) in [6.45, 7) is 2.37. The molecule has 1 amide bonds. The predicted octanol–water partition coefficient (Wildman–Crippen LogP) is 4.32. The van der Waals surface area contributed by atoms with E-state index in [4.69, 9.17) is 4.42 Å². The van der Waals surface area contributed by atoms with Crippen molar-refractivity contribution >= 4 is 32.8 Å². The molecule has 4 nitrogen and oxygen atoms in total. The van der Waals surface area contributed by atoms with E-state index in [-0.39, 0.29) is 11.9 Å². The number of halogens is 1. The number of benzene rings is 2. The number of furan rings is 1. The quantitative estimate of drug-likeness (QED) is 0.644. The zero-order chi connectivity index (χ0) is 17.4. The van der Waals surface area contributed by atoms with Gasteiger partial charge in [0, 0.05) is 25.0 Å². The summed E-state index contributed by atoms with van der Waals surface area (Å²) in [6.07, 6.45) is 0. The molecule has 0 aliphatic carbocycles. The Morgan fingerprint density at radius 1 is 1.12 bits per heavy atom. The molecule has 2 aromatic carbocycles. The molecule has 3 aromatic rings. The van der Waals surface area contributed by atoms with Crippen LogP contribution in [0.2, 0.25) is 0 Å². The van der Waals surface area contributed by atoms with Crippen LogP contribution in [0.1, 0.15) is 22.2 Å². The molecule has 0 radical (unpaired) electrons. The summed E-state index contributed by atoms with van der Waals surface area (Å²) in [6, 6.07) is 17.9. The number of carbonyl (C=O) groups excluding carboxylic acids is 1. The second-order valence-electron chi connectivity index (χ2n) is 6.46. The zero-order valence-corrected chi connectivity index (χ0v) is 15.6. The summed E-state index contributed by atoms with van der Waals surface area (Å²) in [4.78, 5) is 17.4. The maximum Gasteiger partial charge on any atom is 0.290 e. The second kappa shape index (κ2) is 6.65. The highest BCUT2D eigenvalue weighted by molar-refractivity contribution is 9.10. The van der Waals surface area contributed by atoms with E-state index in [1.165, 1.54) is 0 Å². The highest BCUT2D eigenvalue weighted by atomic mass is 79.9. The summed E-state index contributed by atoms with van der Waals surface area (Å²) < 4.78 is 6.74. The molecule has 1 unspecified atom stereocenters. The van der Waals surface area contributed by atoms with Gasteiger partial charge in [-0.15, -0.1) is 0 Å². The van der Waals surface area contributed by atoms with Crippen LogP contribution in [0.4, 0.5) is 0 Å². The number of para-hydroxylation sites is 1. The second-order valence-corrected chi connectivity index (χ2v) is 7.31. The molecule has 1 fully saturated rings. The van der Waals surface area contributed by atoms with Gasteiger partial charge in [-0.05, 0) is 40.7 Å². The lowest BCUT2D eigenvalue weighted by Crippen LogP contribution is -2.49. The van der Waals surface area contributed by atoms with Gasteiger partial charge in [0.25, 0.3) is 5.91 Å². The van der Waals surface area contributed by atoms with Crippen molar-refractivity contribution in [2.24, 2.45) is 0 Å². The van der Waals surface area contributed by atoms with E-state index in [9.17, 15) is 4.79 Å². The van der Waals surface area contributed by atoms with Crippen molar-refractivity contribution in [3.63, 3.8) is 0 Å². The number of likely N-dealkylation sites (N-methyl/N-ethyl adjacent to an activating group) is 1. The first-order valence-corrected chi connectivity index (χ1v) is 9.15. The Bertz CT molecular complexity index is 906. The number of nitrogens with zero attached hydrogens (tertiary/aromatic N) is 2. The van der Waals surface area contributed by atoms with E-state index in [0.29, 0.717) is 12.3 Å². The normalized spacial score (nSPS) is 18.6. The van der Waals surface area contributed by atoms with E-state index >= 15 is 0 Å². The number of amides is 1. The van der Waals surface area contributed by atoms with Crippen LogP contribution in [-0.2, 0) is 0 Å². The van der Waals surface area contributed by atoms with Crippen molar-refractivity contribution in [1.29, 1.82) is 0 Å². The minimum atomic E-state index is -0.0509. The van der Waals surface area contributed by atoms with Crippen LogP contribution in [-0.4, -0.2) is 42.4 Å². The monoisotopic (exact) mass is 398 g/mol. The Balaban J connectivity index is 1.70. The van der Waals surface area contributed by atoms with E-state index < -0.39 is 0 Å². The van der Waals surface area contributed by atoms with E-state index in [2.05, 4.69) is 40.0 Å². The van der Waals surface area contributed by atoms with Gasteiger partial charge in [0.2, 0.25) is 0 Å². The molecule has 0 N–H and O–H groups in total. The zero-order valence-electron chi connectivity index (χ0n) is 14.0. The highest BCUT2D eigenvalue weighted by Gasteiger charge is 2.32. The van der Waals surface area contributed by atoms with Crippen molar-refractivity contribution in [2.45, 2.75) is 6.04 Å². The lowest BCUT2D eigenvalue weighted by molar-refractivity contribution is 0.0470. The molecule has 0 bridgehead atoms. The third-order valence-corrected chi connectivity index (χ3v) is 5.36. The Hall–Kier alpha value is -2.11. The summed E-state index contributed by atoms with van der Waals surface area (Å²) >= 11 is 3.49. The minimum Gasteiger partial charge on any atom is -0.450 e. The van der Waals surface area contributed by atoms with Crippen LogP contribution < -0.4 is 0 Å². The van der Waals surface area contributed by atoms with E-state index in [0.717, 1.165) is 34.1 Å². The average molecular weight is 399 g/mol. The van der Waals surface area contributed by atoms with Gasteiger partial charge >= 0.3 is 0 Å². The SMILES string of the molecule is CN1CCN(C(=O)c2cc3cccc(Br)c3o2)C(c2ccccc2)C1. The van der Waals surface area contributed by atoms with Crippen LogP contribution in [0.3, 0.4) is 0 Å². The molecule has 25 heavy (non-hydrogen) atoms. The fraction of sp³-hybridized carbons (Fsp3) is 0.250. The average Bonchev–Trinajstić information content (AvgIpc) is 3.07. The number of hydrogen-bond acceptors (Lipinski definition) is 3. The molecule has 1 atom stereocenters. The van der Waals surface area contributed by atoms with E-state index in [1.807, 2.05) is 47.4 Å². The van der Waals surface area contributed by atoms with Crippen molar-refractivity contribution < 1.29 is 9.21 Å². The standard InChI is InChI=1S/C20H19BrN2O2/c1-22-10-11-23(17(13-22)14-6-3-2-4-7-14)20(24)18-12-15-8-5-9-16(21)19(15)25-18/h2-9,12,17H,10-11,13H2,1H3. The molecule has 1 saturated heterocycles. The molecule has 0 spiro atoms. The first kappa shape index (κ1) is 16.4. The van der Waals surface area contributed by atoms with Crippen LogP contribution in [0.5, 0.6) is 0 Å². The fourth-order valence-corrected chi connectivity index (χ4v) is 3.86. The Kier molecular flexibility index (Phi) is 4.36. The lowest BCUT2D eigenvalue weighted by Gasteiger charge is -2.39. The van der Waals surface area contributed by atoms with Crippen molar-refractivity contribution in [3.8, 4) is 0 Å². The number of hydrogen-bond donors (Lipinski definition) is 0. The van der Waals surface area contributed by atoms with E-state index in [1.54, 1.807) is 0 Å². The van der Waals surface area contributed by atoms with Crippen molar-refractivity contribution in [2.75, 3.05) is 26.7 Å². The van der Waals surface area contributed by atoms with Crippen LogP contribution in [0.15, 0.2) is 63.5 Å². The fourth-order valence-electron chi connectivity index (χ4n) is 3.40. The highest BCUT2D eigenvalue weighted by Crippen LogP contribution is 2.31. The van der Waals surface area contributed by atoms with Gasteiger partial charge in [0.15, 0.2) is 5.76 Å². The van der Waals surface area contributed by atoms with Crippen molar-refractivity contribution in [3.05, 3.63) is 70.4 Å². The van der Waals surface area contributed by atoms with Gasteiger partial charge in [-0.2, -0.15) is 0 Å². The lowest BCUT2D eigenvalue weighted by atomic mass is 10.0. The molecular formula is C20H19BrN2O2. The summed E-state index contributed by atoms with van der Waals surface area (Å²) in [5.74, 6) is 0.345. The molecule has 1 aromatic heterocycles. The third kappa shape index (κ3) is 3.10. The molecule has 1 aliphatic rings. The van der Waals surface area contributed by atoms with Crippen LogP contribution in [0, 0.1) is 0 Å². The van der Waals surface area contributed by atoms with Crippen LogP contribution in [0.25, 0.3) is 11.0 Å². The topological polar surface area (TPSA) is 36.7 Å². The molecule has 2 heterocycles. The largest absolute Gasteiger partial charge is 0.450 e. The van der Waals surface area contributed by atoms with Gasteiger partial charge in [0.05, 0.1) is 10.5 Å². The summed E-state index contributed by atoms with van der Waals surface area (Å²) in [7, 11) is 2.09. The molecule has 128 valence electrons. The first-order chi connectivity index (χ1) is 12.1. The van der Waals surface area contributed by atoms with Gasteiger partial charge < -0.3 is 14.2 Å². The Morgan fingerprint density at radius 2 is 1.92 bits per heavy atom. The smallest absolute Gasteiger partial charge is 0.290 e. The summed E-state index contributed by atoms with van der Waals surface area (Å²) in [5.41, 5.74) is 1.87. The molecule has 1 aliphatic heterocycles. The minimum absolute atomic E-state index is 0.0316. The molecule has 5 heteroatoms. The van der Waals surface area contributed by atoms with Gasteiger partial charge in [-0.25, -0.2) is 0 Å². The maximum absolute atomic E-state index is 13.2. The number of piperazine rings is 1. The molecule has 0 saturated carbocycles. The third-order valence-electron chi connectivity index (χ3n) is 4.74. The predicted molar refractivity (Wildman–Crippen MR) is 102 cm³/mol. The van der Waals surface area contributed by atoms with Crippen molar-refractivity contribution in [1.82, 2.24) is 9.80 Å². The van der Waals surface area contributed by atoms with Gasteiger partial charge in [0.1, 0.15) is 5.58 Å². The Labute approximate surface area is 155 Å². The maximum atomic E-state index is 13.2. The molecule has 4 rings (SSSR count). The Morgan fingerprint density at radius 3 is 2.68 bits per heavy atom. The van der Waals surface area contributed by atoms with Gasteiger partial charge in [-0.1, -0.05) is 42.5 Å². The molecular weight excluding hydrogens is 380 g/mol. The summed E-state index contributed by atoms with van der Waals surface area (Å²) in [5, 5.41) is 0.933. The number of carbonyl (C=O) groups is 1. The first-order valence-electron chi connectivity index (χ1n) is 8.36. The number of fused-ring (bicyclic) bond motifs is 1. The van der Waals surface area contributed by atoms with Crippen LogP contribution >= 0.6 is 15.9 Å². The number of rotatable bonds is 2. The van der Waals surface area contributed by atoms with Gasteiger partial charge in [-0.3, -0.25) is 4.79 Å².